The van der Waals surface area contributed by atoms with Crippen LogP contribution in [0.5, 0.6) is 0 Å². The van der Waals surface area contributed by atoms with Gasteiger partial charge in [0.1, 0.15) is 0 Å². The van der Waals surface area contributed by atoms with Crippen LogP contribution in [0.15, 0.2) is 0 Å². The maximum atomic E-state index is 11.6. The van der Waals surface area contributed by atoms with Crippen molar-refractivity contribution in [3.63, 3.8) is 0 Å². The molecule has 0 aliphatic heterocycles. The van der Waals surface area contributed by atoms with Crippen molar-refractivity contribution in [1.29, 1.82) is 0 Å². The molecule has 0 aliphatic rings. The Labute approximate surface area is 88.4 Å². The Morgan fingerprint density at radius 2 is 1.80 bits per heavy atom. The van der Waals surface area contributed by atoms with Gasteiger partial charge in [-0.05, 0) is 19.0 Å². The molecule has 0 heterocycles. The molecule has 92 valence electrons. The number of halogens is 3. The summed E-state index contributed by atoms with van der Waals surface area (Å²) in [6.45, 7) is 4.97. The molecule has 0 spiro atoms. The highest BCUT2D eigenvalue weighted by molar-refractivity contribution is 4.72. The van der Waals surface area contributed by atoms with Crippen LogP contribution < -0.4 is 5.73 Å². The molecule has 0 aromatic rings. The summed E-state index contributed by atoms with van der Waals surface area (Å²) in [7, 11) is 1.75. The molecule has 0 saturated heterocycles. The minimum atomic E-state index is -4.54. The van der Waals surface area contributed by atoms with E-state index in [1.165, 1.54) is 0 Å². The van der Waals surface area contributed by atoms with Crippen LogP contribution in [0, 0.1) is 5.41 Å². The van der Waals surface area contributed by atoms with Crippen molar-refractivity contribution in [2.75, 3.05) is 33.3 Å². The van der Waals surface area contributed by atoms with E-state index in [2.05, 4.69) is 4.74 Å². The summed E-state index contributed by atoms with van der Waals surface area (Å²) in [5, 5.41) is 0. The molecular weight excluding hydrogens is 209 g/mol. The summed E-state index contributed by atoms with van der Waals surface area (Å²) in [5.74, 6) is 0. The van der Waals surface area contributed by atoms with Gasteiger partial charge in [0.25, 0.3) is 0 Å². The first-order valence-corrected chi connectivity index (χ1v) is 4.75. The van der Waals surface area contributed by atoms with Crippen molar-refractivity contribution >= 4 is 0 Å². The lowest BCUT2D eigenvalue weighted by molar-refractivity contribution is -0.324. The molecule has 0 amide bonds. The van der Waals surface area contributed by atoms with E-state index in [1.54, 1.807) is 11.9 Å². The molecule has 6 heteroatoms. The maximum absolute atomic E-state index is 11.6. The van der Waals surface area contributed by atoms with E-state index in [0.717, 1.165) is 0 Å². The summed E-state index contributed by atoms with van der Waals surface area (Å²) in [5.41, 5.74) is 5.42. The van der Waals surface area contributed by atoms with Crippen LogP contribution in [0.25, 0.3) is 0 Å². The number of rotatable bonds is 6. The van der Waals surface area contributed by atoms with Crippen molar-refractivity contribution in [1.82, 2.24) is 4.90 Å². The van der Waals surface area contributed by atoms with Crippen LogP contribution in [0.1, 0.15) is 13.8 Å². The molecule has 15 heavy (non-hydrogen) atoms. The normalized spacial score (nSPS) is 13.6. The lowest BCUT2D eigenvalue weighted by Gasteiger charge is -2.28. The van der Waals surface area contributed by atoms with Gasteiger partial charge in [0, 0.05) is 13.1 Å². The first kappa shape index (κ1) is 14.7. The van der Waals surface area contributed by atoms with Crippen molar-refractivity contribution in [3.8, 4) is 0 Å². The number of nitrogens with zero attached hydrogens (tertiary/aromatic N) is 1. The second kappa shape index (κ2) is 5.67. The third-order valence-electron chi connectivity index (χ3n) is 1.99. The number of ether oxygens (including phenoxy) is 1. The van der Waals surface area contributed by atoms with Gasteiger partial charge in [-0.1, -0.05) is 13.8 Å². The topological polar surface area (TPSA) is 38.5 Å². The highest BCUT2D eigenvalue weighted by Crippen LogP contribution is 2.16. The van der Waals surface area contributed by atoms with Crippen LogP contribution in [-0.4, -0.2) is 44.6 Å². The first-order chi connectivity index (χ1) is 6.66. The predicted octanol–water partition coefficient (Wildman–Crippen LogP) is 1.44. The summed E-state index contributed by atoms with van der Waals surface area (Å²) < 4.78 is 38.6. The summed E-state index contributed by atoms with van der Waals surface area (Å²) in [4.78, 5) is 1.78. The van der Waals surface area contributed by atoms with E-state index in [4.69, 9.17) is 5.73 Å². The fraction of sp³-hybridized carbons (Fsp3) is 1.00. The van der Waals surface area contributed by atoms with E-state index in [9.17, 15) is 13.2 Å². The molecule has 0 atom stereocenters. The highest BCUT2D eigenvalue weighted by Gasteiger charge is 2.29. The lowest BCUT2D eigenvalue weighted by atomic mass is 9.93. The molecule has 0 unspecified atom stereocenters. The molecule has 0 fully saturated rings. The van der Waals surface area contributed by atoms with Crippen molar-refractivity contribution in [2.45, 2.75) is 20.2 Å². The molecule has 2 N–H and O–H groups in total. The van der Waals surface area contributed by atoms with Gasteiger partial charge in [0.2, 0.25) is 0 Å². The third kappa shape index (κ3) is 8.65. The van der Waals surface area contributed by atoms with Crippen LogP contribution in [0.3, 0.4) is 0 Å². The first-order valence-electron chi connectivity index (χ1n) is 4.75. The quantitative estimate of drug-likeness (QED) is 0.747. The fourth-order valence-electron chi connectivity index (χ4n) is 1.19. The molecule has 3 nitrogen and oxygen atoms in total. The van der Waals surface area contributed by atoms with Crippen molar-refractivity contribution < 1.29 is 17.9 Å². The Balaban J connectivity index is 3.71. The summed E-state index contributed by atoms with van der Waals surface area (Å²) in [6.07, 6.45) is -4.54. The number of nitrogens with two attached hydrogens (primary N) is 1. The van der Waals surface area contributed by atoms with Gasteiger partial charge in [-0.3, -0.25) is 4.74 Å². The van der Waals surface area contributed by atoms with Gasteiger partial charge in [-0.2, -0.15) is 0 Å². The molecule has 0 radical (unpaired) electrons. The number of hydrogen-bond donors (Lipinski definition) is 1. The average Bonchev–Trinajstić information content (AvgIpc) is 2.00. The zero-order valence-electron chi connectivity index (χ0n) is 9.40. The Morgan fingerprint density at radius 1 is 1.27 bits per heavy atom. The standard InChI is InChI=1S/C9H19F3N2O/c1-8(2,6-13)7-14(3)4-5-15-9(10,11)12/h4-7,13H2,1-3H3. The van der Waals surface area contributed by atoms with Gasteiger partial charge in [-0.25, -0.2) is 0 Å². The van der Waals surface area contributed by atoms with Gasteiger partial charge in [0.05, 0.1) is 6.61 Å². The summed E-state index contributed by atoms with van der Waals surface area (Å²) in [6, 6.07) is 0. The van der Waals surface area contributed by atoms with E-state index < -0.39 is 6.36 Å². The van der Waals surface area contributed by atoms with E-state index in [-0.39, 0.29) is 18.6 Å². The highest BCUT2D eigenvalue weighted by atomic mass is 19.4. The molecule has 0 bridgehead atoms. The Morgan fingerprint density at radius 3 is 2.20 bits per heavy atom. The number of alkyl halides is 3. The largest absolute Gasteiger partial charge is 0.522 e. The Hall–Kier alpha value is -0.330. The minimum absolute atomic E-state index is 0.0903. The Bertz CT molecular complexity index is 183. The third-order valence-corrected chi connectivity index (χ3v) is 1.99. The monoisotopic (exact) mass is 228 g/mol. The Kier molecular flexibility index (Phi) is 5.55. The van der Waals surface area contributed by atoms with Gasteiger partial charge < -0.3 is 10.6 Å². The minimum Gasteiger partial charge on any atom is -0.330 e. The fourth-order valence-corrected chi connectivity index (χ4v) is 1.19. The zero-order chi connectivity index (χ0) is 12.1. The van der Waals surface area contributed by atoms with Crippen molar-refractivity contribution in [3.05, 3.63) is 0 Å². The average molecular weight is 228 g/mol. The second-order valence-electron chi connectivity index (χ2n) is 4.40. The van der Waals surface area contributed by atoms with Gasteiger partial charge >= 0.3 is 6.36 Å². The van der Waals surface area contributed by atoms with Gasteiger partial charge in [0.15, 0.2) is 0 Å². The SMILES string of the molecule is CN(CCOC(F)(F)F)CC(C)(C)CN. The number of hydrogen-bond acceptors (Lipinski definition) is 3. The zero-order valence-corrected chi connectivity index (χ0v) is 9.40. The molecular formula is C9H19F3N2O. The predicted molar refractivity (Wildman–Crippen MR) is 52.3 cm³/mol. The molecule has 0 aliphatic carbocycles. The molecule has 0 rings (SSSR count). The molecule has 0 saturated carbocycles. The second-order valence-corrected chi connectivity index (χ2v) is 4.40. The van der Waals surface area contributed by atoms with E-state index in [1.807, 2.05) is 13.8 Å². The van der Waals surface area contributed by atoms with Crippen LogP contribution >= 0.6 is 0 Å². The molecule has 0 aromatic carbocycles. The van der Waals surface area contributed by atoms with Crippen molar-refractivity contribution in [2.24, 2.45) is 11.1 Å². The maximum Gasteiger partial charge on any atom is 0.522 e. The van der Waals surface area contributed by atoms with E-state index in [0.29, 0.717) is 13.1 Å². The van der Waals surface area contributed by atoms with Crippen LogP contribution in [0.2, 0.25) is 0 Å². The summed E-state index contributed by atoms with van der Waals surface area (Å²) >= 11 is 0. The number of likely N-dealkylation sites (N-methyl/N-ethyl adjacent to an activating group) is 1. The van der Waals surface area contributed by atoms with E-state index >= 15 is 0 Å². The van der Waals surface area contributed by atoms with Crippen LogP contribution in [-0.2, 0) is 4.74 Å². The van der Waals surface area contributed by atoms with Crippen LogP contribution in [0.4, 0.5) is 13.2 Å². The molecule has 0 aromatic heterocycles. The lowest BCUT2D eigenvalue weighted by Crippen LogP contribution is -2.38. The smallest absolute Gasteiger partial charge is 0.330 e. The van der Waals surface area contributed by atoms with Gasteiger partial charge in [-0.15, -0.1) is 13.2 Å².